The van der Waals surface area contributed by atoms with Crippen molar-refractivity contribution in [3.05, 3.63) is 65.6 Å². The van der Waals surface area contributed by atoms with Crippen molar-refractivity contribution in [1.82, 2.24) is 4.98 Å². The molecule has 6 heteroatoms. The molecule has 22 heavy (non-hydrogen) atoms. The van der Waals surface area contributed by atoms with E-state index in [1.165, 1.54) is 24.3 Å². The van der Waals surface area contributed by atoms with Crippen LogP contribution in [0.5, 0.6) is 5.75 Å². The first-order valence-electron chi connectivity index (χ1n) is 6.49. The van der Waals surface area contributed by atoms with Gasteiger partial charge in [0, 0.05) is 22.7 Å². The largest absolute Gasteiger partial charge is 0.489 e. The van der Waals surface area contributed by atoms with Gasteiger partial charge in [-0.1, -0.05) is 0 Å². The fourth-order valence-electron chi connectivity index (χ4n) is 2.17. The molecule has 0 aliphatic rings. The monoisotopic (exact) mass is 309 g/mol. The van der Waals surface area contributed by atoms with Crippen LogP contribution < -0.4 is 4.74 Å². The lowest BCUT2D eigenvalue weighted by molar-refractivity contribution is -0.137. The van der Waals surface area contributed by atoms with Gasteiger partial charge in [-0.25, -0.2) is 4.39 Å². The molecule has 3 rings (SSSR count). The molecule has 1 aromatic heterocycles. The summed E-state index contributed by atoms with van der Waals surface area (Å²) in [7, 11) is 0. The van der Waals surface area contributed by atoms with E-state index in [1.807, 2.05) is 0 Å². The summed E-state index contributed by atoms with van der Waals surface area (Å²) in [6, 6.07) is 8.80. The first-order chi connectivity index (χ1) is 10.4. The van der Waals surface area contributed by atoms with Crippen molar-refractivity contribution in [3.8, 4) is 5.75 Å². The van der Waals surface area contributed by atoms with Crippen LogP contribution in [0, 0.1) is 5.82 Å². The average molecular weight is 309 g/mol. The number of rotatable bonds is 3. The van der Waals surface area contributed by atoms with E-state index in [-0.39, 0.29) is 12.4 Å². The van der Waals surface area contributed by atoms with Gasteiger partial charge in [-0.15, -0.1) is 0 Å². The molecule has 114 valence electrons. The van der Waals surface area contributed by atoms with Gasteiger partial charge in [0.1, 0.15) is 18.2 Å². The maximum absolute atomic E-state index is 13.3. The minimum atomic E-state index is -4.37. The molecule has 3 aromatic rings. The molecular weight excluding hydrogens is 298 g/mol. The highest BCUT2D eigenvalue weighted by atomic mass is 19.4. The number of alkyl halides is 3. The van der Waals surface area contributed by atoms with Gasteiger partial charge in [-0.3, -0.25) is 0 Å². The Morgan fingerprint density at radius 3 is 2.41 bits per heavy atom. The Balaban J connectivity index is 1.75. The fourth-order valence-corrected chi connectivity index (χ4v) is 2.17. The molecule has 0 saturated heterocycles. The molecule has 2 aromatic carbocycles. The normalized spacial score (nSPS) is 11.8. The molecule has 0 aliphatic carbocycles. The Bertz CT molecular complexity index is 790. The Hall–Kier alpha value is -2.50. The maximum Gasteiger partial charge on any atom is 0.416 e. The number of nitrogens with one attached hydrogen (secondary N) is 1. The van der Waals surface area contributed by atoms with E-state index in [9.17, 15) is 17.6 Å². The zero-order chi connectivity index (χ0) is 15.7. The maximum atomic E-state index is 13.3. The van der Waals surface area contributed by atoms with Gasteiger partial charge >= 0.3 is 6.18 Å². The number of hydrogen-bond donors (Lipinski definition) is 1. The molecule has 0 saturated carbocycles. The van der Waals surface area contributed by atoms with Crippen molar-refractivity contribution in [2.75, 3.05) is 0 Å². The van der Waals surface area contributed by atoms with Gasteiger partial charge < -0.3 is 9.72 Å². The number of H-pyrrole nitrogens is 1. The first-order valence-corrected chi connectivity index (χ1v) is 6.49. The second kappa shape index (κ2) is 5.36. The molecule has 2 nitrogen and oxygen atoms in total. The molecule has 0 bridgehead atoms. The number of benzene rings is 2. The van der Waals surface area contributed by atoms with Crippen LogP contribution in [-0.2, 0) is 12.8 Å². The molecule has 0 amide bonds. The molecule has 1 heterocycles. The average Bonchev–Trinajstić information content (AvgIpc) is 2.87. The van der Waals surface area contributed by atoms with Gasteiger partial charge in [0.25, 0.3) is 0 Å². The van der Waals surface area contributed by atoms with E-state index in [0.717, 1.165) is 23.2 Å². The summed E-state index contributed by atoms with van der Waals surface area (Å²) in [5.41, 5.74) is 0.774. The van der Waals surface area contributed by atoms with Crippen molar-refractivity contribution in [3.63, 3.8) is 0 Å². The number of aromatic amines is 1. The van der Waals surface area contributed by atoms with Crippen molar-refractivity contribution in [2.24, 2.45) is 0 Å². The number of halogens is 4. The van der Waals surface area contributed by atoms with Gasteiger partial charge in [-0.2, -0.15) is 13.2 Å². The Morgan fingerprint density at radius 1 is 1.00 bits per heavy atom. The summed E-state index contributed by atoms with van der Waals surface area (Å²) < 4.78 is 56.1. The molecule has 0 unspecified atom stereocenters. The summed E-state index contributed by atoms with van der Waals surface area (Å²) >= 11 is 0. The third kappa shape index (κ3) is 2.90. The Kier molecular flexibility index (Phi) is 3.52. The summed E-state index contributed by atoms with van der Waals surface area (Å²) in [4.78, 5) is 2.99. The Morgan fingerprint density at radius 2 is 1.73 bits per heavy atom. The van der Waals surface area contributed by atoms with E-state index in [0.29, 0.717) is 11.1 Å². The molecule has 0 radical (unpaired) electrons. The van der Waals surface area contributed by atoms with Crippen molar-refractivity contribution in [2.45, 2.75) is 12.8 Å². The first kappa shape index (κ1) is 14.4. The highest BCUT2D eigenvalue weighted by Crippen LogP contribution is 2.30. The number of hydrogen-bond acceptors (Lipinski definition) is 1. The van der Waals surface area contributed by atoms with E-state index in [1.54, 1.807) is 12.3 Å². The third-order valence-electron chi connectivity index (χ3n) is 3.31. The van der Waals surface area contributed by atoms with E-state index in [4.69, 9.17) is 4.74 Å². The Labute approximate surface area is 123 Å². The zero-order valence-electron chi connectivity index (χ0n) is 11.2. The van der Waals surface area contributed by atoms with Crippen LogP contribution in [-0.4, -0.2) is 4.98 Å². The van der Waals surface area contributed by atoms with Crippen LogP contribution in [0.1, 0.15) is 11.1 Å². The lowest BCUT2D eigenvalue weighted by Gasteiger charge is -2.09. The predicted octanol–water partition coefficient (Wildman–Crippen LogP) is 4.90. The number of aromatic nitrogens is 1. The molecule has 1 N–H and O–H groups in total. The van der Waals surface area contributed by atoms with Gasteiger partial charge in [0.2, 0.25) is 0 Å². The van der Waals surface area contributed by atoms with E-state index >= 15 is 0 Å². The molecule has 0 spiro atoms. The van der Waals surface area contributed by atoms with Crippen LogP contribution in [0.25, 0.3) is 10.9 Å². The minimum Gasteiger partial charge on any atom is -0.489 e. The summed E-state index contributed by atoms with van der Waals surface area (Å²) in [6.07, 6.45) is -2.68. The highest BCUT2D eigenvalue weighted by molar-refractivity contribution is 5.83. The zero-order valence-corrected chi connectivity index (χ0v) is 11.2. The topological polar surface area (TPSA) is 25.0 Å². The molecule has 0 aliphatic heterocycles. The highest BCUT2D eigenvalue weighted by Gasteiger charge is 2.30. The van der Waals surface area contributed by atoms with Crippen LogP contribution in [0.4, 0.5) is 17.6 Å². The van der Waals surface area contributed by atoms with Crippen molar-refractivity contribution in [1.29, 1.82) is 0 Å². The second-order valence-corrected chi connectivity index (χ2v) is 4.81. The smallest absolute Gasteiger partial charge is 0.416 e. The molecule has 0 fully saturated rings. The van der Waals surface area contributed by atoms with Crippen LogP contribution in [0.2, 0.25) is 0 Å². The van der Waals surface area contributed by atoms with E-state index < -0.39 is 11.7 Å². The predicted molar refractivity (Wildman–Crippen MR) is 74.0 cm³/mol. The van der Waals surface area contributed by atoms with Gasteiger partial charge in [-0.05, 0) is 42.5 Å². The summed E-state index contributed by atoms with van der Waals surface area (Å²) in [5, 5.41) is 0.687. The summed E-state index contributed by atoms with van der Waals surface area (Å²) in [6.45, 7) is 0.134. The molecule has 0 atom stereocenters. The fraction of sp³-hybridized carbons (Fsp3) is 0.125. The second-order valence-electron chi connectivity index (χ2n) is 4.81. The molecular formula is C16H11F4NO. The number of ether oxygens (including phenoxy) is 1. The van der Waals surface area contributed by atoms with Crippen LogP contribution >= 0.6 is 0 Å². The SMILES string of the molecule is Fc1ccc2[nH]cc(COc3ccc(C(F)(F)F)cc3)c2c1. The number of fused-ring (bicyclic) bond motifs is 1. The quantitative estimate of drug-likeness (QED) is 0.684. The lowest BCUT2D eigenvalue weighted by Crippen LogP contribution is -2.04. The third-order valence-corrected chi connectivity index (χ3v) is 3.31. The van der Waals surface area contributed by atoms with Crippen LogP contribution in [0.3, 0.4) is 0 Å². The van der Waals surface area contributed by atoms with E-state index in [2.05, 4.69) is 4.98 Å². The lowest BCUT2D eigenvalue weighted by atomic mass is 10.2. The van der Waals surface area contributed by atoms with Gasteiger partial charge in [0.15, 0.2) is 0 Å². The minimum absolute atomic E-state index is 0.134. The summed E-state index contributed by atoms with van der Waals surface area (Å²) in [5.74, 6) is -0.0402. The van der Waals surface area contributed by atoms with Crippen molar-refractivity contribution < 1.29 is 22.3 Å². The van der Waals surface area contributed by atoms with Gasteiger partial charge in [0.05, 0.1) is 5.56 Å². The van der Waals surface area contributed by atoms with Crippen molar-refractivity contribution >= 4 is 10.9 Å². The van der Waals surface area contributed by atoms with Crippen LogP contribution in [0.15, 0.2) is 48.7 Å². The standard InChI is InChI=1S/C16H11F4NO/c17-12-3-6-15-14(7-12)10(8-21-15)9-22-13-4-1-11(2-5-13)16(18,19)20/h1-8,21H,9H2.